The molecule has 182 valence electrons. The molecular weight excluding hydrogens is 459 g/mol. The lowest BCUT2D eigenvalue weighted by molar-refractivity contribution is -0.0328. The number of alkyl halides is 3. The van der Waals surface area contributed by atoms with Crippen LogP contribution in [0.5, 0.6) is 0 Å². The van der Waals surface area contributed by atoms with E-state index < -0.39 is 5.51 Å². The first kappa shape index (κ1) is 24.6. The van der Waals surface area contributed by atoms with Crippen molar-refractivity contribution in [3.8, 4) is 0 Å². The summed E-state index contributed by atoms with van der Waals surface area (Å²) in [6, 6.07) is 15.5. The summed E-state index contributed by atoms with van der Waals surface area (Å²) in [5.74, 6) is 1.58. The third-order valence-electron chi connectivity index (χ3n) is 6.07. The normalized spacial score (nSPS) is 18.7. The van der Waals surface area contributed by atoms with E-state index in [1.165, 1.54) is 0 Å². The van der Waals surface area contributed by atoms with Crippen LogP contribution in [0.4, 0.5) is 24.9 Å². The van der Waals surface area contributed by atoms with Crippen molar-refractivity contribution in [1.82, 2.24) is 15.3 Å². The highest BCUT2D eigenvalue weighted by molar-refractivity contribution is 8.00. The number of anilines is 2. The number of rotatable bonds is 8. The third kappa shape index (κ3) is 6.76. The Morgan fingerprint density at radius 1 is 0.941 bits per heavy atom. The fraction of sp³-hybridized carbons (Fsp3) is 0.440. The fourth-order valence-corrected chi connectivity index (χ4v) is 4.91. The van der Waals surface area contributed by atoms with Gasteiger partial charge < -0.3 is 15.5 Å². The van der Waals surface area contributed by atoms with Crippen molar-refractivity contribution in [3.63, 3.8) is 0 Å². The van der Waals surface area contributed by atoms with E-state index >= 15 is 0 Å². The lowest BCUT2D eigenvalue weighted by Gasteiger charge is -2.30. The van der Waals surface area contributed by atoms with E-state index in [1.54, 1.807) is 24.3 Å². The maximum absolute atomic E-state index is 12.5. The van der Waals surface area contributed by atoms with Gasteiger partial charge in [0.05, 0.1) is 5.52 Å². The molecule has 2 aromatic carbocycles. The van der Waals surface area contributed by atoms with E-state index in [0.29, 0.717) is 18.0 Å². The summed E-state index contributed by atoms with van der Waals surface area (Å²) < 4.78 is 37.4. The van der Waals surface area contributed by atoms with E-state index in [0.717, 1.165) is 60.9 Å². The van der Waals surface area contributed by atoms with E-state index in [1.807, 2.05) is 43.3 Å². The zero-order valence-electron chi connectivity index (χ0n) is 19.4. The maximum atomic E-state index is 12.5. The number of halogens is 3. The molecule has 0 saturated heterocycles. The van der Waals surface area contributed by atoms with Crippen LogP contribution < -0.4 is 15.5 Å². The molecule has 34 heavy (non-hydrogen) atoms. The van der Waals surface area contributed by atoms with Crippen molar-refractivity contribution < 1.29 is 13.2 Å². The van der Waals surface area contributed by atoms with Gasteiger partial charge in [-0.25, -0.2) is 4.98 Å². The Labute approximate surface area is 202 Å². The third-order valence-corrected chi connectivity index (χ3v) is 6.81. The Morgan fingerprint density at radius 3 is 2.29 bits per heavy atom. The van der Waals surface area contributed by atoms with E-state index in [9.17, 15) is 13.2 Å². The van der Waals surface area contributed by atoms with Crippen LogP contribution in [0.3, 0.4) is 0 Å². The molecule has 0 amide bonds. The van der Waals surface area contributed by atoms with Crippen LogP contribution in [-0.4, -0.2) is 48.2 Å². The zero-order chi connectivity index (χ0) is 24.1. The summed E-state index contributed by atoms with van der Waals surface area (Å²) in [6.45, 7) is 0.814. The number of aromatic nitrogens is 2. The molecule has 0 atom stereocenters. The second kappa shape index (κ2) is 10.8. The summed E-state index contributed by atoms with van der Waals surface area (Å²) in [6.07, 6.45) is 5.00. The van der Waals surface area contributed by atoms with Gasteiger partial charge in [-0.1, -0.05) is 24.3 Å². The average Bonchev–Trinajstić information content (AvgIpc) is 2.80. The molecule has 1 fully saturated rings. The van der Waals surface area contributed by atoms with E-state index in [-0.39, 0.29) is 16.7 Å². The molecule has 0 bridgehead atoms. The number of hydrogen-bond donors (Lipinski definition) is 2. The quantitative estimate of drug-likeness (QED) is 0.387. The molecule has 2 N–H and O–H groups in total. The minimum atomic E-state index is -4.24. The molecule has 3 aromatic rings. The second-order valence-electron chi connectivity index (χ2n) is 8.87. The largest absolute Gasteiger partial charge is 0.446 e. The summed E-state index contributed by atoms with van der Waals surface area (Å²) in [7, 11) is 3.98. The SMILES string of the molecule is CN(C)c1nc(NC2CCC(NCCc3ccc(SC(F)(F)F)cc3)CC2)nc2ccccc12. The molecule has 0 radical (unpaired) electrons. The number of thioether (sulfide) groups is 1. The van der Waals surface area contributed by atoms with Crippen molar-refractivity contribution in [1.29, 1.82) is 0 Å². The van der Waals surface area contributed by atoms with Crippen molar-refractivity contribution in [2.24, 2.45) is 0 Å². The number of hydrogen-bond acceptors (Lipinski definition) is 6. The van der Waals surface area contributed by atoms with Gasteiger partial charge in [0.15, 0.2) is 0 Å². The lowest BCUT2D eigenvalue weighted by atomic mass is 9.91. The Balaban J connectivity index is 1.23. The topological polar surface area (TPSA) is 53.1 Å². The molecule has 5 nitrogen and oxygen atoms in total. The molecule has 0 spiro atoms. The number of fused-ring (bicyclic) bond motifs is 1. The second-order valence-corrected chi connectivity index (χ2v) is 10.0. The summed E-state index contributed by atoms with van der Waals surface area (Å²) >= 11 is -0.0737. The average molecular weight is 490 g/mol. The first-order chi connectivity index (χ1) is 16.3. The molecule has 0 unspecified atom stereocenters. The first-order valence-corrected chi connectivity index (χ1v) is 12.4. The van der Waals surface area contributed by atoms with Crippen molar-refractivity contribution in [2.75, 3.05) is 30.9 Å². The predicted molar refractivity (Wildman–Crippen MR) is 134 cm³/mol. The van der Waals surface area contributed by atoms with Gasteiger partial charge in [0.2, 0.25) is 5.95 Å². The minimum Gasteiger partial charge on any atom is -0.362 e. The van der Waals surface area contributed by atoms with Crippen LogP contribution in [0.2, 0.25) is 0 Å². The molecule has 1 aromatic heterocycles. The molecule has 4 rings (SSSR count). The van der Waals surface area contributed by atoms with Crippen LogP contribution in [0.15, 0.2) is 53.4 Å². The summed E-state index contributed by atoms with van der Waals surface area (Å²) in [5, 5.41) is 8.18. The minimum absolute atomic E-state index is 0.0737. The van der Waals surface area contributed by atoms with Crippen LogP contribution in [0.25, 0.3) is 10.9 Å². The van der Waals surface area contributed by atoms with Gasteiger partial charge in [-0.3, -0.25) is 0 Å². The molecule has 1 saturated carbocycles. The number of benzene rings is 2. The Hall–Kier alpha value is -2.52. The molecule has 1 heterocycles. The first-order valence-electron chi connectivity index (χ1n) is 11.6. The van der Waals surface area contributed by atoms with Gasteiger partial charge in [-0.05, 0) is 80.2 Å². The molecule has 9 heteroatoms. The van der Waals surface area contributed by atoms with Crippen LogP contribution in [0, 0.1) is 0 Å². The molecule has 0 aliphatic heterocycles. The maximum Gasteiger partial charge on any atom is 0.446 e. The monoisotopic (exact) mass is 489 g/mol. The summed E-state index contributed by atoms with van der Waals surface area (Å²) in [4.78, 5) is 11.7. The van der Waals surface area contributed by atoms with Crippen LogP contribution >= 0.6 is 11.8 Å². The van der Waals surface area contributed by atoms with E-state index in [4.69, 9.17) is 9.97 Å². The Bertz CT molecular complexity index is 1080. The van der Waals surface area contributed by atoms with Crippen molar-refractivity contribution >= 4 is 34.4 Å². The van der Waals surface area contributed by atoms with Gasteiger partial charge in [-0.15, -0.1) is 0 Å². The fourth-order valence-electron chi connectivity index (χ4n) is 4.37. The predicted octanol–water partition coefficient (Wildman–Crippen LogP) is 5.86. The number of nitrogens with one attached hydrogen (secondary N) is 2. The van der Waals surface area contributed by atoms with Gasteiger partial charge in [0.1, 0.15) is 5.82 Å². The molecular formula is C25H30F3N5S. The highest BCUT2D eigenvalue weighted by Gasteiger charge is 2.29. The van der Waals surface area contributed by atoms with E-state index in [2.05, 4.69) is 10.6 Å². The lowest BCUT2D eigenvalue weighted by Crippen LogP contribution is -2.38. The standard InChI is InChI=1S/C25H30F3N5S/c1-33(2)23-21-5-3-4-6-22(21)31-24(32-23)30-19-11-9-18(10-12-19)29-16-15-17-7-13-20(14-8-17)34-25(26,27)28/h3-8,13-14,18-19,29H,9-12,15-16H2,1-2H3,(H,30,31,32). The van der Waals surface area contributed by atoms with Gasteiger partial charge in [-0.2, -0.15) is 18.2 Å². The number of nitrogens with zero attached hydrogens (tertiary/aromatic N) is 3. The highest BCUT2D eigenvalue weighted by Crippen LogP contribution is 2.36. The highest BCUT2D eigenvalue weighted by atomic mass is 32.2. The van der Waals surface area contributed by atoms with Crippen molar-refractivity contribution in [3.05, 3.63) is 54.1 Å². The van der Waals surface area contributed by atoms with Crippen LogP contribution in [0.1, 0.15) is 31.2 Å². The van der Waals surface area contributed by atoms with Gasteiger partial charge >= 0.3 is 5.51 Å². The smallest absolute Gasteiger partial charge is 0.362 e. The zero-order valence-corrected chi connectivity index (χ0v) is 20.2. The molecule has 1 aliphatic carbocycles. The molecule has 1 aliphatic rings. The summed E-state index contributed by atoms with van der Waals surface area (Å²) in [5.41, 5.74) is -2.27. The Kier molecular flexibility index (Phi) is 7.83. The van der Waals surface area contributed by atoms with Gasteiger partial charge in [0.25, 0.3) is 0 Å². The van der Waals surface area contributed by atoms with Crippen molar-refractivity contribution in [2.45, 2.75) is 54.6 Å². The number of para-hydroxylation sites is 1. The van der Waals surface area contributed by atoms with Gasteiger partial charge in [0, 0.05) is 36.5 Å². The Morgan fingerprint density at radius 2 is 1.62 bits per heavy atom. The van der Waals surface area contributed by atoms with Crippen LogP contribution in [-0.2, 0) is 6.42 Å².